The molecule has 1 aromatic carbocycles. The van der Waals surface area contributed by atoms with E-state index in [1.54, 1.807) is 0 Å². The largest absolute Gasteiger partial charge is 0.0795 e. The first-order chi connectivity index (χ1) is 8.81. The molecule has 0 unspecified atom stereocenters. The minimum Gasteiger partial charge on any atom is -0.0795 e. The fraction of sp³-hybridized carbons (Fsp3) is 0.529. The molecule has 1 heteroatoms. The van der Waals surface area contributed by atoms with Gasteiger partial charge < -0.3 is 0 Å². The highest BCUT2D eigenvalue weighted by Gasteiger charge is 2.09. The van der Waals surface area contributed by atoms with Crippen molar-refractivity contribution in [2.45, 2.75) is 58.3 Å². The molecule has 0 radical (unpaired) electrons. The van der Waals surface area contributed by atoms with Crippen molar-refractivity contribution in [3.8, 4) is 0 Å². The Kier molecular flexibility index (Phi) is 5.49. The third-order valence-electron chi connectivity index (χ3n) is 3.74. The van der Waals surface area contributed by atoms with Gasteiger partial charge in [-0.05, 0) is 42.0 Å². The van der Waals surface area contributed by atoms with E-state index in [4.69, 9.17) is 0 Å². The SMILES string of the molecule is CCCCCCCCc1cc2c(cc1Br)CC=C2. The van der Waals surface area contributed by atoms with Gasteiger partial charge in [0.05, 0.1) is 0 Å². The lowest BCUT2D eigenvalue weighted by Crippen LogP contribution is -1.92. The van der Waals surface area contributed by atoms with Gasteiger partial charge in [-0.3, -0.25) is 0 Å². The van der Waals surface area contributed by atoms with Gasteiger partial charge in [-0.1, -0.05) is 73.2 Å². The monoisotopic (exact) mass is 306 g/mol. The van der Waals surface area contributed by atoms with Crippen molar-refractivity contribution in [3.05, 3.63) is 39.4 Å². The van der Waals surface area contributed by atoms with E-state index >= 15 is 0 Å². The van der Waals surface area contributed by atoms with Gasteiger partial charge in [0, 0.05) is 4.47 Å². The fourth-order valence-corrected chi connectivity index (χ4v) is 3.20. The summed E-state index contributed by atoms with van der Waals surface area (Å²) >= 11 is 3.72. The van der Waals surface area contributed by atoms with E-state index in [2.05, 4.69) is 47.1 Å². The minimum absolute atomic E-state index is 1.10. The molecule has 0 atom stereocenters. The van der Waals surface area contributed by atoms with Gasteiger partial charge >= 0.3 is 0 Å². The number of fused-ring (bicyclic) bond motifs is 1. The summed E-state index contributed by atoms with van der Waals surface area (Å²) < 4.78 is 1.30. The Labute approximate surface area is 120 Å². The first kappa shape index (κ1) is 13.9. The summed E-state index contributed by atoms with van der Waals surface area (Å²) in [5.74, 6) is 0. The Hall–Kier alpha value is -0.560. The number of unbranched alkanes of at least 4 members (excludes halogenated alkanes) is 5. The zero-order valence-corrected chi connectivity index (χ0v) is 12.9. The number of halogens is 1. The van der Waals surface area contributed by atoms with Crippen LogP contribution in [0.4, 0.5) is 0 Å². The number of hydrogen-bond donors (Lipinski definition) is 0. The predicted octanol–water partition coefficient (Wildman–Crippen LogP) is 5.92. The molecule has 0 aliphatic heterocycles. The summed E-state index contributed by atoms with van der Waals surface area (Å²) in [5, 5.41) is 0. The standard InChI is InChI=1S/C17H23Br/c1-2-3-4-5-6-7-9-16-12-14-10-8-11-15(14)13-17(16)18/h8,10,12-13H,2-7,9,11H2,1H3. The molecule has 0 nitrogen and oxygen atoms in total. The molecular formula is C17H23Br. The lowest BCUT2D eigenvalue weighted by Gasteiger charge is -2.08. The molecule has 0 heterocycles. The van der Waals surface area contributed by atoms with Crippen molar-refractivity contribution in [3.63, 3.8) is 0 Å². The van der Waals surface area contributed by atoms with E-state index < -0.39 is 0 Å². The molecule has 0 fully saturated rings. The Morgan fingerprint density at radius 3 is 2.67 bits per heavy atom. The van der Waals surface area contributed by atoms with E-state index in [1.165, 1.54) is 66.1 Å². The van der Waals surface area contributed by atoms with Crippen LogP contribution in [0.25, 0.3) is 6.08 Å². The molecule has 0 aromatic heterocycles. The fourth-order valence-electron chi connectivity index (χ4n) is 2.61. The Morgan fingerprint density at radius 1 is 1.06 bits per heavy atom. The van der Waals surface area contributed by atoms with Crippen molar-refractivity contribution in [1.82, 2.24) is 0 Å². The lowest BCUT2D eigenvalue weighted by atomic mass is 10.0. The van der Waals surface area contributed by atoms with Crippen molar-refractivity contribution in [2.75, 3.05) is 0 Å². The highest BCUT2D eigenvalue weighted by Crippen LogP contribution is 2.28. The van der Waals surface area contributed by atoms with Crippen LogP contribution in [0.1, 0.15) is 62.1 Å². The minimum atomic E-state index is 1.10. The van der Waals surface area contributed by atoms with E-state index in [1.807, 2.05) is 0 Å². The van der Waals surface area contributed by atoms with E-state index in [0.717, 1.165) is 6.42 Å². The van der Waals surface area contributed by atoms with Crippen LogP contribution in [0.15, 0.2) is 22.7 Å². The molecular weight excluding hydrogens is 284 g/mol. The first-order valence-electron chi connectivity index (χ1n) is 7.29. The zero-order chi connectivity index (χ0) is 12.8. The summed E-state index contributed by atoms with van der Waals surface area (Å²) in [5.41, 5.74) is 4.38. The van der Waals surface area contributed by atoms with Crippen molar-refractivity contribution < 1.29 is 0 Å². The molecule has 1 aliphatic carbocycles. The van der Waals surface area contributed by atoms with Gasteiger partial charge in [0.2, 0.25) is 0 Å². The molecule has 98 valence electrons. The molecule has 0 N–H and O–H groups in total. The molecule has 0 saturated heterocycles. The van der Waals surface area contributed by atoms with Gasteiger partial charge in [0.15, 0.2) is 0 Å². The van der Waals surface area contributed by atoms with Crippen LogP contribution in [-0.2, 0) is 12.8 Å². The molecule has 0 saturated carbocycles. The maximum absolute atomic E-state index is 3.72. The average molecular weight is 307 g/mol. The van der Waals surface area contributed by atoms with Gasteiger partial charge in [-0.25, -0.2) is 0 Å². The predicted molar refractivity (Wildman–Crippen MR) is 84.0 cm³/mol. The third kappa shape index (κ3) is 3.71. The molecule has 0 bridgehead atoms. The average Bonchev–Trinajstić information content (AvgIpc) is 2.80. The molecule has 1 aromatic rings. The Morgan fingerprint density at radius 2 is 1.83 bits per heavy atom. The summed E-state index contributed by atoms with van der Waals surface area (Å²) in [4.78, 5) is 0. The Balaban J connectivity index is 1.80. The van der Waals surface area contributed by atoms with Gasteiger partial charge in [0.25, 0.3) is 0 Å². The quantitative estimate of drug-likeness (QED) is 0.548. The summed E-state index contributed by atoms with van der Waals surface area (Å²) in [6, 6.07) is 4.68. The number of hydrogen-bond acceptors (Lipinski definition) is 0. The van der Waals surface area contributed by atoms with Crippen LogP contribution in [-0.4, -0.2) is 0 Å². The second-order valence-corrected chi connectivity index (χ2v) is 6.12. The normalized spacial score (nSPS) is 13.0. The topological polar surface area (TPSA) is 0 Å². The third-order valence-corrected chi connectivity index (χ3v) is 4.48. The highest BCUT2D eigenvalue weighted by atomic mass is 79.9. The summed E-state index contributed by atoms with van der Waals surface area (Å²) in [7, 11) is 0. The molecule has 0 amide bonds. The first-order valence-corrected chi connectivity index (χ1v) is 8.08. The van der Waals surface area contributed by atoms with E-state index in [9.17, 15) is 0 Å². The van der Waals surface area contributed by atoms with Gasteiger partial charge in [0.1, 0.15) is 0 Å². The lowest BCUT2D eigenvalue weighted by molar-refractivity contribution is 0.607. The van der Waals surface area contributed by atoms with Crippen molar-refractivity contribution in [2.24, 2.45) is 0 Å². The van der Waals surface area contributed by atoms with Crippen LogP contribution in [0.5, 0.6) is 0 Å². The van der Waals surface area contributed by atoms with Gasteiger partial charge in [-0.2, -0.15) is 0 Å². The molecule has 2 rings (SSSR count). The second kappa shape index (κ2) is 7.13. The summed E-state index contributed by atoms with van der Waals surface area (Å²) in [6.07, 6.45) is 15.1. The van der Waals surface area contributed by atoms with Crippen LogP contribution in [0, 0.1) is 0 Å². The maximum atomic E-state index is 3.72. The van der Waals surface area contributed by atoms with Crippen LogP contribution in [0.3, 0.4) is 0 Å². The van der Waals surface area contributed by atoms with Crippen LogP contribution >= 0.6 is 15.9 Å². The van der Waals surface area contributed by atoms with E-state index in [0.29, 0.717) is 0 Å². The van der Waals surface area contributed by atoms with Crippen LogP contribution in [0.2, 0.25) is 0 Å². The van der Waals surface area contributed by atoms with Crippen LogP contribution < -0.4 is 0 Å². The highest BCUT2D eigenvalue weighted by molar-refractivity contribution is 9.10. The van der Waals surface area contributed by atoms with Crippen molar-refractivity contribution >= 4 is 22.0 Å². The maximum Gasteiger partial charge on any atom is 0.0210 e. The molecule has 1 aliphatic rings. The second-order valence-electron chi connectivity index (χ2n) is 5.27. The number of allylic oxidation sites excluding steroid dienone is 1. The number of benzene rings is 1. The smallest absolute Gasteiger partial charge is 0.0210 e. The van der Waals surface area contributed by atoms with Gasteiger partial charge in [-0.15, -0.1) is 0 Å². The zero-order valence-electron chi connectivity index (χ0n) is 11.3. The molecule has 0 spiro atoms. The van der Waals surface area contributed by atoms with E-state index in [-0.39, 0.29) is 0 Å². The molecule has 18 heavy (non-hydrogen) atoms. The van der Waals surface area contributed by atoms with Crippen molar-refractivity contribution in [1.29, 1.82) is 0 Å². The Bertz CT molecular complexity index is 418. The summed E-state index contributed by atoms with van der Waals surface area (Å²) in [6.45, 7) is 2.27. The number of rotatable bonds is 7. The number of aryl methyl sites for hydroxylation is 1.